The number of nitrogens with two attached hydrogens (primary N) is 7. The first-order valence-electron chi connectivity index (χ1n) is 31.4. The van der Waals surface area contributed by atoms with Gasteiger partial charge in [-0.3, -0.25) is 53.1 Å². The molecule has 1 aromatic heterocycles. The smallest absolute Gasteiger partial charge is 0.756 e. The van der Waals surface area contributed by atoms with Crippen LogP contribution in [-0.2, 0) is 68.7 Å². The van der Waals surface area contributed by atoms with E-state index in [1.807, 2.05) is 80.5 Å². The Labute approximate surface area is 558 Å². The number of primary amides is 6. The summed E-state index contributed by atoms with van der Waals surface area (Å²) in [7, 11) is -5.32. The largest absolute Gasteiger partial charge is 2.00 e. The maximum absolute atomic E-state index is 14.4. The van der Waals surface area contributed by atoms with E-state index in [9.17, 15) is 53.2 Å². The first kappa shape index (κ1) is 76.5. The fourth-order valence-electron chi connectivity index (χ4n) is 15.3. The molecular formula is C64H94CoN14O14P-. The van der Waals surface area contributed by atoms with Gasteiger partial charge in [-0.15, -0.1) is 6.54 Å². The molecule has 0 aliphatic carbocycles. The number of allylic oxidation sites excluding steroid dienone is 6. The van der Waals surface area contributed by atoms with Crippen LogP contribution < -0.4 is 50.3 Å². The zero-order chi connectivity index (χ0) is 69.4. The van der Waals surface area contributed by atoms with Crippen molar-refractivity contribution in [2.75, 3.05) is 19.7 Å². The molecule has 7 heterocycles. The van der Waals surface area contributed by atoms with Gasteiger partial charge in [0.2, 0.25) is 41.4 Å². The standard InChI is InChI=1S/C62H90N13O14P.C2H6N.Co/c1-29-20-39-40(21-30(29)2)75(28-70-39)57-52(84)53(41(27-76)87-57)89-90(85,86)88-31(3)26-69-49(83)18-19-59(8)37(22-46(66)80)56-62(11)61(10,25-48(68)82)36(14-17-45(65)79)51(74-62)33(5)55-60(9,24-47(67)81)34(12-15-43(63)77)38(71-55)23-42-58(6,7)35(13-16-44(64)78)50(72-42)32(4)54(59)73-56;1-2-3;/h20-21,23,28,31,34-37,41,52-53,56-57,76,84H,12-19,22,24-27H2,1-11H3,(H15,63,64,65,66,67,68,69,71,72,73,74,77,78,79,80,81,82,83,85,86);1-3H2;/q;-1;+2/p-2. The fourth-order valence-corrected chi connectivity index (χ4v) is 16.4. The van der Waals surface area contributed by atoms with Crippen molar-refractivity contribution in [1.29, 1.82) is 0 Å². The van der Waals surface area contributed by atoms with Crippen molar-refractivity contribution in [3.63, 3.8) is 0 Å². The molecule has 28 nitrogen and oxygen atoms in total. The van der Waals surface area contributed by atoms with E-state index in [1.54, 1.807) is 6.92 Å². The van der Waals surface area contributed by atoms with Crippen LogP contribution in [0, 0.1) is 66.1 Å². The molecule has 7 amide bonds. The van der Waals surface area contributed by atoms with Crippen LogP contribution >= 0.6 is 7.82 Å². The van der Waals surface area contributed by atoms with Crippen molar-refractivity contribution in [1.82, 2.24) is 14.9 Å². The van der Waals surface area contributed by atoms with Crippen molar-refractivity contribution < 1.29 is 83.8 Å². The molecule has 6 aliphatic rings. The number of benzene rings is 1. The monoisotopic (exact) mass is 1370 g/mol. The number of phosphoric ester groups is 1. The van der Waals surface area contributed by atoms with Gasteiger partial charge in [0.25, 0.3) is 7.82 Å². The number of hydrogen-bond donors (Lipinski definition) is 10. The van der Waals surface area contributed by atoms with Gasteiger partial charge in [0.05, 0.1) is 41.3 Å². The SMILES string of the molecule is CC1=C2N=C(C=C3N=C(C(C)=C4[N-]C(C(CC(N)=O)C4(C)CCC(=O)NCC(C)OP(=O)([O-])OC4C(CO)OC(n5cnc6cc(C)c(C)cc65)C4O)C4(C)N=C1C(CCC(N)=O)C4(C)CC(N)=O)C(CCC(N)=O)C3(C)C)C(CCC(N)=O)C2(C)CC(N)=O.[CH2-]CN.[Co+2]. The van der Waals surface area contributed by atoms with E-state index >= 15 is 0 Å². The third kappa shape index (κ3) is 15.2. The van der Waals surface area contributed by atoms with Crippen LogP contribution in [0.25, 0.3) is 16.4 Å². The van der Waals surface area contributed by atoms with Crippen LogP contribution in [0.1, 0.15) is 150 Å². The molecule has 2 fully saturated rings. The van der Waals surface area contributed by atoms with E-state index in [2.05, 4.69) is 17.2 Å². The van der Waals surface area contributed by atoms with Gasteiger partial charge in [-0.25, -0.2) is 4.98 Å². The molecule has 1 radical (unpaired) electrons. The minimum absolute atomic E-state index is 0. The first-order valence-corrected chi connectivity index (χ1v) is 32.9. The summed E-state index contributed by atoms with van der Waals surface area (Å²) < 4.78 is 31.9. The van der Waals surface area contributed by atoms with E-state index in [4.69, 9.17) is 74.2 Å². The number of aromatic nitrogens is 2. The van der Waals surface area contributed by atoms with E-state index in [1.165, 1.54) is 17.8 Å². The summed E-state index contributed by atoms with van der Waals surface area (Å²) in [6, 6.07) is 2.65. The molecule has 30 heteroatoms. The van der Waals surface area contributed by atoms with Crippen molar-refractivity contribution in [3.8, 4) is 0 Å². The Morgan fingerprint density at radius 2 is 1.38 bits per heavy atom. The van der Waals surface area contributed by atoms with Crippen molar-refractivity contribution >= 4 is 77.3 Å². The van der Waals surface area contributed by atoms with Crippen molar-refractivity contribution in [2.24, 2.45) is 100 Å². The Kier molecular flexibility index (Phi) is 24.0. The maximum Gasteiger partial charge on any atom is 2.00 e. The Morgan fingerprint density at radius 3 is 1.95 bits per heavy atom. The fraction of sp³-hybridized carbons (Fsp3) is 0.625. The van der Waals surface area contributed by atoms with Crippen molar-refractivity contribution in [3.05, 3.63) is 76.1 Å². The Morgan fingerprint density at radius 1 is 0.809 bits per heavy atom. The topological polar surface area (TPSA) is 491 Å². The molecule has 1 aromatic carbocycles. The van der Waals surface area contributed by atoms with E-state index in [0.29, 0.717) is 63.0 Å². The molecule has 8 bridgehead atoms. The number of hydrogen-bond acceptors (Lipinski definition) is 19. The van der Waals surface area contributed by atoms with Crippen LogP contribution in [0.5, 0.6) is 0 Å². The molecule has 2 saturated heterocycles. The van der Waals surface area contributed by atoms with Crippen LogP contribution in [0.2, 0.25) is 0 Å². The van der Waals surface area contributed by atoms with Gasteiger partial charge >= 0.3 is 16.8 Å². The van der Waals surface area contributed by atoms with Gasteiger partial charge < -0.3 is 91.2 Å². The molecule has 8 rings (SSSR count). The summed E-state index contributed by atoms with van der Waals surface area (Å²) in [4.78, 5) is 128. The number of fused-ring (bicyclic) bond motifs is 7. The number of amides is 7. The second kappa shape index (κ2) is 29.4. The third-order valence-corrected chi connectivity index (χ3v) is 21.6. The predicted octanol–water partition coefficient (Wildman–Crippen LogP) is 3.09. The van der Waals surface area contributed by atoms with Crippen LogP contribution in [0.3, 0.4) is 0 Å². The van der Waals surface area contributed by atoms with Gasteiger partial charge in [-0.05, 0) is 119 Å². The molecule has 15 unspecified atom stereocenters. The molecule has 0 spiro atoms. The number of aliphatic imine (C=N–C) groups is 3. The van der Waals surface area contributed by atoms with E-state index in [0.717, 1.165) is 11.1 Å². The Hall–Kier alpha value is -6.53. The number of ether oxygens (including phenoxy) is 1. The molecule has 519 valence electrons. The van der Waals surface area contributed by atoms with Crippen LogP contribution in [0.15, 0.2) is 67.8 Å². The Bertz CT molecular complexity index is 3570. The number of carbonyl (C=O) groups is 7. The van der Waals surface area contributed by atoms with Crippen LogP contribution in [0.4, 0.5) is 0 Å². The number of aliphatic hydroxyl groups is 2. The molecule has 15 atom stereocenters. The number of phosphoric acid groups is 1. The van der Waals surface area contributed by atoms with Gasteiger partial charge in [-0.2, -0.15) is 5.70 Å². The number of rotatable bonds is 26. The van der Waals surface area contributed by atoms with E-state index in [-0.39, 0.29) is 94.0 Å². The summed E-state index contributed by atoms with van der Waals surface area (Å²) >= 11 is 0. The summed E-state index contributed by atoms with van der Waals surface area (Å²) in [5.41, 5.74) is 41.4. The molecular weight excluding hydrogens is 1280 g/mol. The van der Waals surface area contributed by atoms with Gasteiger partial charge in [0.15, 0.2) is 6.23 Å². The number of nitrogens with one attached hydrogen (secondary N) is 1. The quantitative estimate of drug-likeness (QED) is 0.0478. The van der Waals surface area contributed by atoms with Gasteiger partial charge in [0.1, 0.15) is 18.3 Å². The third-order valence-electron chi connectivity index (χ3n) is 20.5. The number of aliphatic hydroxyl groups excluding tert-OH is 2. The summed E-state index contributed by atoms with van der Waals surface area (Å²) in [5, 5.41) is 30.1. The minimum atomic E-state index is -5.32. The number of nitrogens with zero attached hydrogens (tertiary/aromatic N) is 6. The second-order valence-corrected chi connectivity index (χ2v) is 28.6. The summed E-state index contributed by atoms with van der Waals surface area (Å²) in [6.45, 7) is 22.7. The van der Waals surface area contributed by atoms with Gasteiger partial charge in [0, 0.05) is 108 Å². The maximum atomic E-state index is 14.4. The normalized spacial score (nSPS) is 30.9. The molecule has 6 aliphatic heterocycles. The molecule has 2 aromatic rings. The van der Waals surface area contributed by atoms with Gasteiger partial charge in [-0.1, -0.05) is 40.7 Å². The van der Waals surface area contributed by atoms with E-state index < -0.39 is 143 Å². The average molecular weight is 1370 g/mol. The Balaban J connectivity index is 0.00000343. The number of aryl methyl sites for hydroxylation is 2. The second-order valence-electron chi connectivity index (χ2n) is 27.3. The zero-order valence-electron chi connectivity index (χ0n) is 55.5. The molecule has 17 N–H and O–H groups in total. The van der Waals surface area contributed by atoms with Crippen LogP contribution in [-0.4, -0.2) is 134 Å². The first-order chi connectivity index (χ1) is 43.2. The number of imidazole rings is 1. The zero-order valence-corrected chi connectivity index (χ0v) is 57.4. The predicted molar refractivity (Wildman–Crippen MR) is 346 cm³/mol. The minimum Gasteiger partial charge on any atom is -0.756 e. The summed E-state index contributed by atoms with van der Waals surface area (Å²) in [6.07, 6.45) is -4.79. The number of carbonyl (C=O) groups excluding carboxylic acids is 7. The molecule has 0 saturated carbocycles. The molecule has 94 heavy (non-hydrogen) atoms. The summed E-state index contributed by atoms with van der Waals surface area (Å²) in [5.74, 6) is -7.40. The average Bonchev–Trinajstić information content (AvgIpc) is 1.53. The van der Waals surface area contributed by atoms with Crippen molar-refractivity contribution in [2.45, 2.75) is 189 Å².